The van der Waals surface area contributed by atoms with Crippen LogP contribution in [0.25, 0.3) is 99.8 Å². The van der Waals surface area contributed by atoms with Gasteiger partial charge >= 0.3 is 0 Å². The molecule has 0 fully saturated rings. The van der Waals surface area contributed by atoms with E-state index in [2.05, 4.69) is 142 Å². The molecule has 0 aliphatic carbocycles. The molecular weight excluding hydrogens is 611 g/mol. The zero-order valence-electron chi connectivity index (χ0n) is 26.8. The van der Waals surface area contributed by atoms with Crippen molar-refractivity contribution >= 4 is 59.9 Å². The highest BCUT2D eigenvalue weighted by Gasteiger charge is 2.19. The number of nitrogens with zero attached hydrogens (tertiary/aromatic N) is 5. The molecule has 11 rings (SSSR count). The topological polar surface area (TPSA) is 48.0 Å². The van der Waals surface area contributed by atoms with Gasteiger partial charge in [0.25, 0.3) is 0 Å². The first-order valence-electron chi connectivity index (χ1n) is 16.9. The number of fused-ring (bicyclic) bond motifs is 9. The lowest BCUT2D eigenvalue weighted by Gasteiger charge is -2.11. The summed E-state index contributed by atoms with van der Waals surface area (Å²) in [6, 6.07) is 57.8. The van der Waals surface area contributed by atoms with Crippen molar-refractivity contribution in [3.8, 4) is 39.9 Å². The van der Waals surface area contributed by atoms with Crippen LogP contribution in [0.1, 0.15) is 0 Å². The van der Waals surface area contributed by atoms with Crippen LogP contribution in [0.5, 0.6) is 0 Å². The molecule has 0 saturated carbocycles. The van der Waals surface area contributed by atoms with Crippen molar-refractivity contribution in [2.45, 2.75) is 0 Å². The number of para-hydroxylation sites is 4. The molecule has 0 aliphatic rings. The van der Waals surface area contributed by atoms with Gasteiger partial charge in [-0.15, -0.1) is 0 Å². The molecule has 50 heavy (non-hydrogen) atoms. The van der Waals surface area contributed by atoms with Gasteiger partial charge in [-0.25, -0.2) is 4.98 Å². The SMILES string of the molecule is c1ccc(-c2nc(-c3ccc(-c4ccc5c6cccc7c8ccccc8n(c5c4)c76)cc3)nc(-n3c4ccccc4c4ccccc43)n2)cc1. The summed E-state index contributed by atoms with van der Waals surface area (Å²) in [5.74, 6) is 1.87. The summed E-state index contributed by atoms with van der Waals surface area (Å²) in [5.41, 5.74) is 10.1. The number of aromatic nitrogens is 5. The van der Waals surface area contributed by atoms with Gasteiger partial charge in [0.05, 0.1) is 27.6 Å². The summed E-state index contributed by atoms with van der Waals surface area (Å²) in [7, 11) is 0. The average molecular weight is 638 g/mol. The Kier molecular flexibility index (Phi) is 5.60. The number of benzene rings is 7. The van der Waals surface area contributed by atoms with Crippen molar-refractivity contribution in [2.24, 2.45) is 0 Å². The molecule has 4 heterocycles. The van der Waals surface area contributed by atoms with Gasteiger partial charge in [0.1, 0.15) is 0 Å². The molecule has 0 N–H and O–H groups in total. The molecule has 0 aliphatic heterocycles. The lowest BCUT2D eigenvalue weighted by Crippen LogP contribution is -2.06. The summed E-state index contributed by atoms with van der Waals surface area (Å²) in [4.78, 5) is 15.2. The molecule has 7 aromatic carbocycles. The maximum Gasteiger partial charge on any atom is 0.238 e. The Labute approximate surface area is 286 Å². The molecule has 0 radical (unpaired) electrons. The highest BCUT2D eigenvalue weighted by atomic mass is 15.2. The third kappa shape index (κ3) is 3.86. The number of hydrogen-bond acceptors (Lipinski definition) is 3. The van der Waals surface area contributed by atoms with Crippen LogP contribution >= 0.6 is 0 Å². The van der Waals surface area contributed by atoms with Crippen molar-refractivity contribution < 1.29 is 0 Å². The standard InChI is InChI=1S/C45H27N5/c1-2-11-29(12-3-1)43-46-44(48-45(47-43)50-39-19-8-4-13-32(39)33-14-5-9-20-40(33)50)30-23-21-28(22-24-30)31-25-26-35-37-17-10-16-36-34-15-6-7-18-38(34)49(42(36)37)41(35)27-31/h1-27H. The maximum absolute atomic E-state index is 5.13. The van der Waals surface area contributed by atoms with Crippen molar-refractivity contribution in [3.05, 3.63) is 164 Å². The first kappa shape index (κ1) is 27.1. The van der Waals surface area contributed by atoms with E-state index in [9.17, 15) is 0 Å². The summed E-state index contributed by atoms with van der Waals surface area (Å²) >= 11 is 0. The predicted molar refractivity (Wildman–Crippen MR) is 205 cm³/mol. The van der Waals surface area contributed by atoms with Crippen LogP contribution < -0.4 is 0 Å². The minimum absolute atomic E-state index is 0.596. The summed E-state index contributed by atoms with van der Waals surface area (Å²) < 4.78 is 4.58. The number of rotatable bonds is 4. The van der Waals surface area contributed by atoms with E-state index in [1.807, 2.05) is 30.3 Å². The largest absolute Gasteiger partial charge is 0.308 e. The fraction of sp³-hybridized carbons (Fsp3) is 0. The van der Waals surface area contributed by atoms with Crippen LogP contribution in [-0.2, 0) is 0 Å². The molecule has 0 saturated heterocycles. The first-order valence-corrected chi connectivity index (χ1v) is 16.9. The lowest BCUT2D eigenvalue weighted by molar-refractivity contribution is 0.953. The molecule has 0 atom stereocenters. The van der Waals surface area contributed by atoms with Gasteiger partial charge in [-0.2, -0.15) is 9.97 Å². The van der Waals surface area contributed by atoms with Crippen molar-refractivity contribution in [1.29, 1.82) is 0 Å². The first-order chi connectivity index (χ1) is 24.8. The summed E-state index contributed by atoms with van der Waals surface area (Å²) in [6.45, 7) is 0. The van der Waals surface area contributed by atoms with Gasteiger partial charge in [0.15, 0.2) is 11.6 Å². The van der Waals surface area contributed by atoms with E-state index in [0.717, 1.165) is 27.7 Å². The Morgan fingerprint density at radius 3 is 1.46 bits per heavy atom. The van der Waals surface area contributed by atoms with E-state index in [4.69, 9.17) is 15.0 Å². The van der Waals surface area contributed by atoms with E-state index >= 15 is 0 Å². The second-order valence-corrected chi connectivity index (χ2v) is 12.9. The normalized spacial score (nSPS) is 12.0. The quantitative estimate of drug-likeness (QED) is 0.193. The average Bonchev–Trinajstić information content (AvgIpc) is 3.83. The predicted octanol–water partition coefficient (Wildman–Crippen LogP) is 11.1. The maximum atomic E-state index is 5.13. The van der Waals surface area contributed by atoms with Gasteiger partial charge in [0.2, 0.25) is 5.95 Å². The number of hydrogen-bond donors (Lipinski definition) is 0. The molecule has 0 unspecified atom stereocenters. The van der Waals surface area contributed by atoms with E-state index in [-0.39, 0.29) is 0 Å². The van der Waals surface area contributed by atoms with Crippen LogP contribution in [0.3, 0.4) is 0 Å². The molecule has 0 amide bonds. The van der Waals surface area contributed by atoms with Gasteiger partial charge in [-0.1, -0.05) is 140 Å². The minimum Gasteiger partial charge on any atom is -0.308 e. The van der Waals surface area contributed by atoms with Crippen LogP contribution in [-0.4, -0.2) is 23.9 Å². The summed E-state index contributed by atoms with van der Waals surface area (Å²) in [6.07, 6.45) is 0. The highest BCUT2D eigenvalue weighted by Crippen LogP contribution is 2.40. The van der Waals surface area contributed by atoms with E-state index in [1.54, 1.807) is 0 Å². The molecule has 232 valence electrons. The molecular formula is C45H27N5. The highest BCUT2D eigenvalue weighted by molar-refractivity contribution is 6.23. The van der Waals surface area contributed by atoms with Crippen LogP contribution in [0.4, 0.5) is 0 Å². The van der Waals surface area contributed by atoms with Crippen molar-refractivity contribution in [1.82, 2.24) is 23.9 Å². The zero-order valence-corrected chi connectivity index (χ0v) is 26.8. The molecule has 4 aromatic heterocycles. The van der Waals surface area contributed by atoms with E-state index < -0.39 is 0 Å². The van der Waals surface area contributed by atoms with Gasteiger partial charge in [0, 0.05) is 43.4 Å². The fourth-order valence-electron chi connectivity index (χ4n) is 7.87. The third-order valence-corrected chi connectivity index (χ3v) is 10.1. The zero-order chi connectivity index (χ0) is 32.8. The van der Waals surface area contributed by atoms with Gasteiger partial charge in [-0.05, 0) is 35.4 Å². The minimum atomic E-state index is 0.596. The van der Waals surface area contributed by atoms with Gasteiger partial charge < -0.3 is 4.40 Å². The third-order valence-electron chi connectivity index (χ3n) is 10.1. The Balaban J connectivity index is 1.07. The fourth-order valence-corrected chi connectivity index (χ4v) is 7.87. The summed E-state index contributed by atoms with van der Waals surface area (Å²) in [5, 5.41) is 7.49. The van der Waals surface area contributed by atoms with Gasteiger partial charge in [-0.3, -0.25) is 4.57 Å². The van der Waals surface area contributed by atoms with Crippen molar-refractivity contribution in [3.63, 3.8) is 0 Å². The lowest BCUT2D eigenvalue weighted by atomic mass is 10.0. The second-order valence-electron chi connectivity index (χ2n) is 12.9. The van der Waals surface area contributed by atoms with Crippen LogP contribution in [0.15, 0.2) is 164 Å². The Bertz CT molecular complexity index is 3030. The Morgan fingerprint density at radius 2 is 0.800 bits per heavy atom. The van der Waals surface area contributed by atoms with Crippen LogP contribution in [0, 0.1) is 0 Å². The van der Waals surface area contributed by atoms with Crippen LogP contribution in [0.2, 0.25) is 0 Å². The molecule has 5 nitrogen and oxygen atoms in total. The molecule has 0 bridgehead atoms. The monoisotopic (exact) mass is 637 g/mol. The molecule has 0 spiro atoms. The molecule has 5 heteroatoms. The smallest absolute Gasteiger partial charge is 0.238 e. The molecule has 11 aromatic rings. The second kappa shape index (κ2) is 10.3. The van der Waals surface area contributed by atoms with Crippen molar-refractivity contribution in [2.75, 3.05) is 0 Å². The Morgan fingerprint density at radius 1 is 0.320 bits per heavy atom. The van der Waals surface area contributed by atoms with E-state index in [1.165, 1.54) is 54.4 Å². The Hall–Kier alpha value is -6.85. The van der Waals surface area contributed by atoms with E-state index in [0.29, 0.717) is 17.6 Å².